The van der Waals surface area contributed by atoms with E-state index in [2.05, 4.69) is 25.9 Å². The smallest absolute Gasteiger partial charge is 0.254 e. The predicted octanol–water partition coefficient (Wildman–Crippen LogP) is 5.06. The van der Waals surface area contributed by atoms with Crippen molar-refractivity contribution in [2.45, 2.75) is 12.7 Å². The first-order chi connectivity index (χ1) is 18.7. The number of rotatable bonds is 10. The third-order valence-corrected chi connectivity index (χ3v) is 5.67. The Hall–Kier alpha value is -5.18. The van der Waals surface area contributed by atoms with Crippen molar-refractivity contribution in [3.05, 3.63) is 126 Å². The molecule has 0 saturated carbocycles. The van der Waals surface area contributed by atoms with E-state index in [0.29, 0.717) is 17.8 Å². The van der Waals surface area contributed by atoms with Crippen LogP contribution in [-0.4, -0.2) is 33.0 Å². The first-order valence-electron chi connectivity index (χ1n) is 12.0. The molecule has 190 valence electrons. The third kappa shape index (κ3) is 6.33. The zero-order valence-electron chi connectivity index (χ0n) is 20.7. The summed E-state index contributed by atoms with van der Waals surface area (Å²) in [6, 6.07) is 28.3. The topological polar surface area (TPSA) is 103 Å². The lowest BCUT2D eigenvalue weighted by Gasteiger charge is -2.19. The largest absolute Gasteiger partial charge is 0.497 e. The number of ether oxygens (including phenoxy) is 2. The van der Waals surface area contributed by atoms with E-state index in [-0.39, 0.29) is 5.91 Å². The van der Waals surface area contributed by atoms with E-state index < -0.39 is 6.17 Å². The van der Waals surface area contributed by atoms with Crippen molar-refractivity contribution >= 4 is 11.6 Å². The third-order valence-electron chi connectivity index (χ3n) is 5.67. The molecule has 3 aromatic carbocycles. The highest BCUT2D eigenvalue weighted by Crippen LogP contribution is 2.23. The quantitative estimate of drug-likeness (QED) is 0.255. The summed E-state index contributed by atoms with van der Waals surface area (Å²) in [6.07, 6.45) is 4.30. The molecule has 0 aliphatic heterocycles. The van der Waals surface area contributed by atoms with Crippen LogP contribution in [0.25, 0.3) is 0 Å². The average molecular weight is 507 g/mol. The summed E-state index contributed by atoms with van der Waals surface area (Å²) < 4.78 is 12.9. The molecule has 38 heavy (non-hydrogen) atoms. The number of benzene rings is 3. The molecule has 5 aromatic rings. The Balaban J connectivity index is 1.33. The second kappa shape index (κ2) is 11.7. The second-order valence-corrected chi connectivity index (χ2v) is 8.42. The summed E-state index contributed by atoms with van der Waals surface area (Å²) in [4.78, 5) is 17.0. The van der Waals surface area contributed by atoms with Gasteiger partial charge in [0.25, 0.3) is 5.91 Å². The van der Waals surface area contributed by atoms with Gasteiger partial charge in [-0.25, -0.2) is 4.68 Å². The number of para-hydroxylation sites is 1. The molecule has 0 spiro atoms. The number of pyridine rings is 1. The summed E-state index contributed by atoms with van der Waals surface area (Å²) in [6.45, 7) is 0.477. The molecule has 1 atom stereocenters. The van der Waals surface area contributed by atoms with E-state index in [1.165, 1.54) is 6.20 Å². The van der Waals surface area contributed by atoms with Crippen LogP contribution in [-0.2, 0) is 6.54 Å². The molecule has 9 heteroatoms. The van der Waals surface area contributed by atoms with Crippen LogP contribution in [0.2, 0.25) is 0 Å². The fraction of sp³-hybridized carbons (Fsp3) is 0.103. The number of nitrogens with one attached hydrogen (secondary N) is 2. The number of nitrogens with zero attached hydrogens (tertiary/aromatic N) is 4. The number of carbonyl (C=O) groups is 1. The molecule has 2 heterocycles. The number of aromatic nitrogens is 4. The average Bonchev–Trinajstić information content (AvgIpc) is 3.42. The molecule has 5 rings (SSSR count). The molecule has 2 aromatic heterocycles. The van der Waals surface area contributed by atoms with Crippen molar-refractivity contribution in [3.63, 3.8) is 0 Å². The highest BCUT2D eigenvalue weighted by Gasteiger charge is 2.19. The van der Waals surface area contributed by atoms with Gasteiger partial charge in [0.2, 0.25) is 0 Å². The van der Waals surface area contributed by atoms with Crippen molar-refractivity contribution in [3.8, 4) is 17.2 Å². The molecule has 0 aliphatic carbocycles. The van der Waals surface area contributed by atoms with Crippen LogP contribution in [0.15, 0.2) is 110 Å². The van der Waals surface area contributed by atoms with Crippen LogP contribution >= 0.6 is 0 Å². The fourth-order valence-corrected chi connectivity index (χ4v) is 3.79. The zero-order chi connectivity index (χ0) is 26.2. The number of methoxy groups -OCH3 is 1. The first kappa shape index (κ1) is 24.5. The van der Waals surface area contributed by atoms with Crippen molar-refractivity contribution in [2.24, 2.45) is 0 Å². The van der Waals surface area contributed by atoms with Gasteiger partial charge in [-0.05, 0) is 66.2 Å². The summed E-state index contributed by atoms with van der Waals surface area (Å²) in [5.41, 5.74) is 2.77. The maximum absolute atomic E-state index is 12.9. The van der Waals surface area contributed by atoms with Gasteiger partial charge in [0.05, 0.1) is 25.4 Å². The van der Waals surface area contributed by atoms with Gasteiger partial charge in [0.15, 0.2) is 0 Å². The van der Waals surface area contributed by atoms with Gasteiger partial charge in [-0.1, -0.05) is 35.5 Å². The van der Waals surface area contributed by atoms with Crippen molar-refractivity contribution in [1.82, 2.24) is 25.3 Å². The summed E-state index contributed by atoms with van der Waals surface area (Å²) in [7, 11) is 1.61. The Morgan fingerprint density at radius 1 is 0.921 bits per heavy atom. The molecule has 2 N–H and O–H groups in total. The van der Waals surface area contributed by atoms with E-state index in [1.807, 2.05) is 78.9 Å². The minimum atomic E-state index is -0.641. The van der Waals surface area contributed by atoms with E-state index in [1.54, 1.807) is 36.3 Å². The fourth-order valence-electron chi connectivity index (χ4n) is 3.79. The lowest BCUT2D eigenvalue weighted by atomic mass is 10.2. The molecule has 0 aliphatic rings. The van der Waals surface area contributed by atoms with Crippen LogP contribution in [0.5, 0.6) is 17.2 Å². The summed E-state index contributed by atoms with van der Waals surface area (Å²) >= 11 is 0. The summed E-state index contributed by atoms with van der Waals surface area (Å²) in [5, 5.41) is 14.9. The van der Waals surface area contributed by atoms with Gasteiger partial charge < -0.3 is 20.1 Å². The van der Waals surface area contributed by atoms with E-state index in [9.17, 15) is 4.79 Å². The van der Waals surface area contributed by atoms with Gasteiger partial charge in [0, 0.05) is 18.1 Å². The van der Waals surface area contributed by atoms with Crippen molar-refractivity contribution in [2.75, 3.05) is 12.4 Å². The number of carbonyl (C=O) groups excluding carboxylic acids is 1. The molecule has 0 fully saturated rings. The molecule has 0 radical (unpaired) electrons. The Kier molecular flexibility index (Phi) is 7.55. The summed E-state index contributed by atoms with van der Waals surface area (Å²) in [5.74, 6) is 1.95. The van der Waals surface area contributed by atoms with Crippen LogP contribution < -0.4 is 20.1 Å². The van der Waals surface area contributed by atoms with Gasteiger partial charge in [-0.2, -0.15) is 0 Å². The van der Waals surface area contributed by atoms with Crippen molar-refractivity contribution in [1.29, 1.82) is 0 Å². The normalized spacial score (nSPS) is 11.4. The standard InChI is InChI=1S/C29H26N6O3/c1-37-24-14-12-23(13-15-24)31-28(32-29(36)22-8-6-16-30-18-22)27-20-35(34-33-27)19-21-7-5-11-26(17-21)38-25-9-3-2-4-10-25/h2-18,20,28,31H,19H2,1H3,(H,32,36). The van der Waals surface area contributed by atoms with E-state index >= 15 is 0 Å². The molecular weight excluding hydrogens is 480 g/mol. The monoisotopic (exact) mass is 506 g/mol. The minimum absolute atomic E-state index is 0.288. The van der Waals surface area contributed by atoms with Gasteiger partial charge in [-0.3, -0.25) is 9.78 Å². The Morgan fingerprint density at radius 2 is 1.74 bits per heavy atom. The zero-order valence-corrected chi connectivity index (χ0v) is 20.7. The molecular formula is C29H26N6O3. The molecule has 9 nitrogen and oxygen atoms in total. The lowest BCUT2D eigenvalue weighted by Crippen LogP contribution is -2.33. The Labute approximate surface area is 220 Å². The molecule has 0 bridgehead atoms. The van der Waals surface area contributed by atoms with Crippen LogP contribution in [0.3, 0.4) is 0 Å². The maximum atomic E-state index is 12.9. The van der Waals surface area contributed by atoms with Crippen LogP contribution in [0, 0.1) is 0 Å². The lowest BCUT2D eigenvalue weighted by molar-refractivity contribution is 0.0940. The molecule has 0 saturated heterocycles. The highest BCUT2D eigenvalue weighted by molar-refractivity contribution is 5.94. The van der Waals surface area contributed by atoms with E-state index in [4.69, 9.17) is 9.47 Å². The number of anilines is 1. The van der Waals surface area contributed by atoms with Gasteiger partial charge in [-0.15, -0.1) is 5.10 Å². The Bertz CT molecular complexity index is 1470. The minimum Gasteiger partial charge on any atom is -0.497 e. The maximum Gasteiger partial charge on any atom is 0.254 e. The van der Waals surface area contributed by atoms with Crippen molar-refractivity contribution < 1.29 is 14.3 Å². The SMILES string of the molecule is COc1ccc(NC(NC(=O)c2cccnc2)c2cn(Cc3cccc(Oc4ccccc4)c3)nn2)cc1. The van der Waals surface area contributed by atoms with Gasteiger partial charge >= 0.3 is 0 Å². The van der Waals surface area contributed by atoms with Crippen LogP contribution in [0.4, 0.5) is 5.69 Å². The first-order valence-corrected chi connectivity index (χ1v) is 12.0. The second-order valence-electron chi connectivity index (χ2n) is 8.42. The number of amides is 1. The number of hydrogen-bond donors (Lipinski definition) is 2. The highest BCUT2D eigenvalue weighted by atomic mass is 16.5. The van der Waals surface area contributed by atoms with Crippen LogP contribution in [0.1, 0.15) is 27.8 Å². The molecule has 1 amide bonds. The van der Waals surface area contributed by atoms with Gasteiger partial charge in [0.1, 0.15) is 29.1 Å². The predicted molar refractivity (Wildman–Crippen MR) is 143 cm³/mol. The molecule has 1 unspecified atom stereocenters. The van der Waals surface area contributed by atoms with E-state index in [0.717, 1.165) is 28.5 Å². The Morgan fingerprint density at radius 3 is 2.50 bits per heavy atom. The number of hydrogen-bond acceptors (Lipinski definition) is 7.